The van der Waals surface area contributed by atoms with Crippen LogP contribution in [0.5, 0.6) is 0 Å². The van der Waals surface area contributed by atoms with Crippen LogP contribution >= 0.6 is 11.3 Å². The molecule has 3 aromatic rings. The molecule has 114 valence electrons. The third kappa shape index (κ3) is 2.70. The SMILES string of the molecule is c1csc(-c2[nH]c3ccccc3[n+]2CCC2CCCCC2)c1. The fourth-order valence-electron chi connectivity index (χ4n) is 3.76. The summed E-state index contributed by atoms with van der Waals surface area (Å²) in [6.07, 6.45) is 8.47. The average molecular weight is 311 g/mol. The van der Waals surface area contributed by atoms with E-state index in [1.165, 1.54) is 60.3 Å². The normalized spacial score (nSPS) is 16.4. The fourth-order valence-corrected chi connectivity index (χ4v) is 4.49. The Morgan fingerprint density at radius 1 is 1.05 bits per heavy atom. The minimum Gasteiger partial charge on any atom is -0.236 e. The van der Waals surface area contributed by atoms with E-state index < -0.39 is 0 Å². The van der Waals surface area contributed by atoms with Gasteiger partial charge in [-0.3, -0.25) is 0 Å². The van der Waals surface area contributed by atoms with E-state index >= 15 is 0 Å². The number of thiophene rings is 1. The number of imidazole rings is 1. The van der Waals surface area contributed by atoms with Gasteiger partial charge < -0.3 is 0 Å². The molecule has 1 aromatic carbocycles. The second-order valence-electron chi connectivity index (χ2n) is 6.41. The van der Waals surface area contributed by atoms with Crippen molar-refractivity contribution in [3.8, 4) is 10.7 Å². The highest BCUT2D eigenvalue weighted by Gasteiger charge is 2.22. The van der Waals surface area contributed by atoms with Gasteiger partial charge in [-0.15, -0.1) is 11.3 Å². The van der Waals surface area contributed by atoms with Crippen LogP contribution in [0.15, 0.2) is 41.8 Å². The van der Waals surface area contributed by atoms with Crippen molar-refractivity contribution in [1.29, 1.82) is 0 Å². The van der Waals surface area contributed by atoms with Gasteiger partial charge in [0, 0.05) is 0 Å². The van der Waals surface area contributed by atoms with E-state index in [1.807, 2.05) is 11.3 Å². The van der Waals surface area contributed by atoms with Gasteiger partial charge in [0.05, 0.1) is 6.54 Å². The predicted molar refractivity (Wildman–Crippen MR) is 93.0 cm³/mol. The van der Waals surface area contributed by atoms with Crippen LogP contribution in [-0.4, -0.2) is 4.98 Å². The number of nitrogens with one attached hydrogen (secondary N) is 1. The largest absolute Gasteiger partial charge is 0.297 e. The predicted octanol–water partition coefficient (Wildman–Crippen LogP) is 5.15. The van der Waals surface area contributed by atoms with Crippen molar-refractivity contribution in [3.63, 3.8) is 0 Å². The zero-order valence-corrected chi connectivity index (χ0v) is 13.7. The van der Waals surface area contributed by atoms with Crippen LogP contribution in [0.2, 0.25) is 0 Å². The summed E-state index contributed by atoms with van der Waals surface area (Å²) in [7, 11) is 0. The number of aromatic amines is 1. The maximum absolute atomic E-state index is 3.63. The topological polar surface area (TPSA) is 19.7 Å². The number of para-hydroxylation sites is 2. The van der Waals surface area contributed by atoms with E-state index in [-0.39, 0.29) is 0 Å². The maximum Gasteiger partial charge on any atom is 0.297 e. The van der Waals surface area contributed by atoms with Crippen molar-refractivity contribution in [2.75, 3.05) is 0 Å². The summed E-state index contributed by atoms with van der Waals surface area (Å²) >= 11 is 1.81. The van der Waals surface area contributed by atoms with E-state index in [2.05, 4.69) is 51.3 Å². The Morgan fingerprint density at radius 2 is 1.91 bits per heavy atom. The summed E-state index contributed by atoms with van der Waals surface area (Å²) in [6, 6.07) is 13.0. The van der Waals surface area contributed by atoms with Gasteiger partial charge in [0.15, 0.2) is 11.0 Å². The quantitative estimate of drug-likeness (QED) is 0.643. The molecule has 1 aliphatic rings. The molecule has 0 aliphatic heterocycles. The number of H-pyrrole nitrogens is 1. The minimum absolute atomic E-state index is 0.922. The first-order valence-electron chi connectivity index (χ1n) is 8.46. The number of aromatic nitrogens is 2. The van der Waals surface area contributed by atoms with Crippen molar-refractivity contribution in [3.05, 3.63) is 41.8 Å². The third-order valence-electron chi connectivity index (χ3n) is 4.96. The molecule has 2 nitrogen and oxygen atoms in total. The Balaban J connectivity index is 1.66. The lowest BCUT2D eigenvalue weighted by Gasteiger charge is -2.20. The number of nitrogens with zero attached hydrogens (tertiary/aromatic N) is 1. The third-order valence-corrected chi connectivity index (χ3v) is 5.83. The molecule has 0 bridgehead atoms. The Bertz CT molecular complexity index is 736. The molecule has 0 saturated heterocycles. The highest BCUT2D eigenvalue weighted by atomic mass is 32.1. The second-order valence-corrected chi connectivity index (χ2v) is 7.36. The average Bonchev–Trinajstić information content (AvgIpc) is 3.21. The van der Waals surface area contributed by atoms with Gasteiger partial charge in [-0.1, -0.05) is 50.3 Å². The Morgan fingerprint density at radius 3 is 2.73 bits per heavy atom. The van der Waals surface area contributed by atoms with Gasteiger partial charge in [-0.25, -0.2) is 9.55 Å². The summed E-state index contributed by atoms with van der Waals surface area (Å²) in [5.74, 6) is 2.19. The molecule has 1 N–H and O–H groups in total. The summed E-state index contributed by atoms with van der Waals surface area (Å²) in [4.78, 5) is 4.96. The van der Waals surface area contributed by atoms with E-state index in [9.17, 15) is 0 Å². The molecule has 2 heterocycles. The van der Waals surface area contributed by atoms with E-state index in [4.69, 9.17) is 0 Å². The lowest BCUT2D eigenvalue weighted by molar-refractivity contribution is -0.661. The van der Waals surface area contributed by atoms with Crippen LogP contribution in [-0.2, 0) is 6.54 Å². The number of benzene rings is 1. The van der Waals surface area contributed by atoms with Gasteiger partial charge in [0.25, 0.3) is 5.82 Å². The molecule has 4 rings (SSSR count). The van der Waals surface area contributed by atoms with Crippen molar-refractivity contribution < 1.29 is 4.57 Å². The summed E-state index contributed by atoms with van der Waals surface area (Å²) in [5.41, 5.74) is 2.58. The second kappa shape index (κ2) is 6.25. The molecular weight excluding hydrogens is 288 g/mol. The smallest absolute Gasteiger partial charge is 0.236 e. The maximum atomic E-state index is 3.63. The molecule has 0 radical (unpaired) electrons. The molecule has 0 amide bonds. The van der Waals surface area contributed by atoms with E-state index in [1.54, 1.807) is 0 Å². The van der Waals surface area contributed by atoms with Gasteiger partial charge in [-0.2, -0.15) is 0 Å². The molecule has 0 atom stereocenters. The monoisotopic (exact) mass is 311 g/mol. The zero-order chi connectivity index (χ0) is 14.8. The summed E-state index contributed by atoms with van der Waals surface area (Å²) in [5, 5.41) is 2.16. The Hall–Kier alpha value is -1.61. The Kier molecular flexibility index (Phi) is 3.98. The first-order valence-corrected chi connectivity index (χ1v) is 9.34. The van der Waals surface area contributed by atoms with Gasteiger partial charge in [0.1, 0.15) is 4.88 Å². The van der Waals surface area contributed by atoms with Crippen LogP contribution in [0.25, 0.3) is 21.7 Å². The van der Waals surface area contributed by atoms with Gasteiger partial charge in [0.2, 0.25) is 0 Å². The molecular formula is C19H23N2S+. The van der Waals surface area contributed by atoms with Gasteiger partial charge >= 0.3 is 0 Å². The first-order chi connectivity index (χ1) is 10.9. The van der Waals surface area contributed by atoms with Crippen LogP contribution < -0.4 is 4.57 Å². The summed E-state index contributed by atoms with van der Waals surface area (Å²) < 4.78 is 2.50. The van der Waals surface area contributed by atoms with Crippen molar-refractivity contribution in [1.82, 2.24) is 4.98 Å². The summed E-state index contributed by atoms with van der Waals surface area (Å²) in [6.45, 7) is 1.13. The number of fused-ring (bicyclic) bond motifs is 1. The van der Waals surface area contributed by atoms with Crippen molar-refractivity contribution >= 4 is 22.4 Å². The van der Waals surface area contributed by atoms with Crippen LogP contribution in [0.3, 0.4) is 0 Å². The number of aryl methyl sites for hydroxylation is 1. The zero-order valence-electron chi connectivity index (χ0n) is 12.9. The molecule has 2 aromatic heterocycles. The first kappa shape index (κ1) is 14.0. The Labute approximate surface area is 135 Å². The number of rotatable bonds is 4. The molecule has 0 unspecified atom stereocenters. The van der Waals surface area contributed by atoms with Crippen LogP contribution in [0.1, 0.15) is 38.5 Å². The molecule has 3 heteroatoms. The van der Waals surface area contributed by atoms with E-state index in [0.29, 0.717) is 0 Å². The standard InChI is InChI=1S/C19H22N2S/c1-2-7-15(8-3-1)12-13-21-17-10-5-4-9-16(17)20-19(21)18-11-6-14-22-18/h4-6,9-11,14-15H,1-3,7-8,12-13H2/p+1. The van der Waals surface area contributed by atoms with Crippen LogP contribution in [0, 0.1) is 5.92 Å². The molecule has 1 fully saturated rings. The van der Waals surface area contributed by atoms with Crippen molar-refractivity contribution in [2.45, 2.75) is 45.1 Å². The molecule has 1 aliphatic carbocycles. The van der Waals surface area contributed by atoms with Crippen molar-refractivity contribution in [2.24, 2.45) is 5.92 Å². The molecule has 22 heavy (non-hydrogen) atoms. The fraction of sp³-hybridized carbons (Fsp3) is 0.421. The number of hydrogen-bond acceptors (Lipinski definition) is 1. The van der Waals surface area contributed by atoms with Crippen LogP contribution in [0.4, 0.5) is 0 Å². The van der Waals surface area contributed by atoms with E-state index in [0.717, 1.165) is 12.5 Å². The molecule has 1 saturated carbocycles. The lowest BCUT2D eigenvalue weighted by atomic mass is 9.87. The minimum atomic E-state index is 0.922. The van der Waals surface area contributed by atoms with Gasteiger partial charge in [-0.05, 0) is 35.9 Å². The molecule has 0 spiro atoms. The highest BCUT2D eigenvalue weighted by molar-refractivity contribution is 7.13. The highest BCUT2D eigenvalue weighted by Crippen LogP contribution is 2.28. The lowest BCUT2D eigenvalue weighted by Crippen LogP contribution is -2.36. The number of hydrogen-bond donors (Lipinski definition) is 1.